The SMILES string of the molecule is COC1=CC(=N)/C(=C\NC2CCN(CC3CCNCC3)CC2)C=C1NC(=O)c1cccc(C(F)(F)F)n1. The quantitative estimate of drug-likeness (QED) is 0.442. The summed E-state index contributed by atoms with van der Waals surface area (Å²) in [6.45, 7) is 5.41. The van der Waals surface area contributed by atoms with E-state index >= 15 is 0 Å². The molecular formula is C26H33F3N6O2. The summed E-state index contributed by atoms with van der Waals surface area (Å²) >= 11 is 0. The Morgan fingerprint density at radius 1 is 1.22 bits per heavy atom. The van der Waals surface area contributed by atoms with Gasteiger partial charge in [-0.1, -0.05) is 6.07 Å². The lowest BCUT2D eigenvalue weighted by Gasteiger charge is -2.35. The number of methoxy groups -OCH3 is 1. The van der Waals surface area contributed by atoms with E-state index in [0.29, 0.717) is 5.57 Å². The number of carbonyl (C=O) groups is 1. The molecule has 0 radical (unpaired) electrons. The van der Waals surface area contributed by atoms with E-state index in [1.165, 1.54) is 32.1 Å². The average Bonchev–Trinajstić information content (AvgIpc) is 2.89. The van der Waals surface area contributed by atoms with Crippen LogP contribution in [0.1, 0.15) is 41.9 Å². The monoisotopic (exact) mass is 518 g/mol. The first-order valence-electron chi connectivity index (χ1n) is 12.5. The molecule has 4 N–H and O–H groups in total. The molecule has 1 aromatic heterocycles. The number of hydrogen-bond acceptors (Lipinski definition) is 7. The molecule has 37 heavy (non-hydrogen) atoms. The third-order valence-electron chi connectivity index (χ3n) is 6.93. The number of ether oxygens (including phenoxy) is 1. The van der Waals surface area contributed by atoms with Crippen LogP contribution in [-0.4, -0.2) is 67.4 Å². The van der Waals surface area contributed by atoms with Gasteiger partial charge in [-0.25, -0.2) is 4.98 Å². The van der Waals surface area contributed by atoms with Crippen molar-refractivity contribution in [2.75, 3.05) is 39.8 Å². The number of nitrogens with one attached hydrogen (secondary N) is 4. The molecule has 3 heterocycles. The molecule has 2 saturated heterocycles. The van der Waals surface area contributed by atoms with Gasteiger partial charge in [0.2, 0.25) is 0 Å². The van der Waals surface area contributed by atoms with Crippen molar-refractivity contribution < 1.29 is 22.7 Å². The average molecular weight is 519 g/mol. The number of carbonyl (C=O) groups excluding carboxylic acids is 1. The van der Waals surface area contributed by atoms with E-state index < -0.39 is 17.8 Å². The molecule has 11 heteroatoms. The van der Waals surface area contributed by atoms with Gasteiger partial charge < -0.3 is 31.0 Å². The lowest BCUT2D eigenvalue weighted by Crippen LogP contribution is -2.44. The maximum Gasteiger partial charge on any atom is 0.433 e. The number of nitrogens with zero attached hydrogens (tertiary/aromatic N) is 2. The fraction of sp³-hybridized carbons (Fsp3) is 0.500. The lowest BCUT2D eigenvalue weighted by molar-refractivity contribution is -0.141. The minimum Gasteiger partial charge on any atom is -0.494 e. The van der Waals surface area contributed by atoms with Gasteiger partial charge in [-0.15, -0.1) is 0 Å². The predicted octanol–water partition coefficient (Wildman–Crippen LogP) is 3.22. The van der Waals surface area contributed by atoms with E-state index in [0.717, 1.165) is 63.6 Å². The van der Waals surface area contributed by atoms with Gasteiger partial charge in [0.05, 0.1) is 18.5 Å². The molecule has 1 amide bonds. The van der Waals surface area contributed by atoms with Crippen LogP contribution in [0.5, 0.6) is 0 Å². The Hall–Kier alpha value is -3.18. The summed E-state index contributed by atoms with van der Waals surface area (Å²) in [6, 6.07) is 3.43. The first-order valence-corrected chi connectivity index (χ1v) is 12.5. The second-order valence-electron chi connectivity index (χ2n) is 9.58. The Morgan fingerprint density at radius 2 is 1.95 bits per heavy atom. The van der Waals surface area contributed by atoms with Gasteiger partial charge in [-0.3, -0.25) is 4.79 Å². The number of aromatic nitrogens is 1. The maximum atomic E-state index is 13.0. The smallest absolute Gasteiger partial charge is 0.433 e. The highest BCUT2D eigenvalue weighted by molar-refractivity contribution is 6.10. The van der Waals surface area contributed by atoms with Crippen LogP contribution in [0.2, 0.25) is 0 Å². The molecule has 1 aromatic rings. The molecule has 0 bridgehead atoms. The molecule has 8 nitrogen and oxygen atoms in total. The second kappa shape index (κ2) is 11.9. The van der Waals surface area contributed by atoms with Crippen molar-refractivity contribution in [1.82, 2.24) is 25.8 Å². The zero-order valence-electron chi connectivity index (χ0n) is 20.8. The number of rotatable bonds is 7. The minimum absolute atomic E-state index is 0.197. The molecule has 2 aliphatic heterocycles. The van der Waals surface area contributed by atoms with E-state index in [9.17, 15) is 18.0 Å². The molecule has 0 atom stereocenters. The van der Waals surface area contributed by atoms with E-state index in [-0.39, 0.29) is 28.9 Å². The summed E-state index contributed by atoms with van der Waals surface area (Å²) in [5.41, 5.74) is -0.541. The first kappa shape index (κ1) is 26.9. The second-order valence-corrected chi connectivity index (χ2v) is 9.58. The number of halogens is 3. The number of likely N-dealkylation sites (tertiary alicyclic amines) is 1. The summed E-state index contributed by atoms with van der Waals surface area (Å²) in [7, 11) is 1.40. The Bertz CT molecular complexity index is 1080. The van der Waals surface area contributed by atoms with Crippen LogP contribution in [0, 0.1) is 11.3 Å². The summed E-state index contributed by atoms with van der Waals surface area (Å²) in [5.74, 6) is 0.193. The van der Waals surface area contributed by atoms with Crippen molar-refractivity contribution in [3.63, 3.8) is 0 Å². The van der Waals surface area contributed by atoms with Gasteiger partial charge in [-0.2, -0.15) is 13.2 Å². The minimum atomic E-state index is -4.65. The fourth-order valence-electron chi connectivity index (χ4n) is 4.81. The summed E-state index contributed by atoms with van der Waals surface area (Å²) in [6.07, 6.45) is 4.60. The largest absolute Gasteiger partial charge is 0.494 e. The van der Waals surface area contributed by atoms with Crippen molar-refractivity contribution in [3.05, 3.63) is 65.0 Å². The van der Waals surface area contributed by atoms with E-state index in [1.54, 1.807) is 12.3 Å². The Labute approximate surface area is 214 Å². The van der Waals surface area contributed by atoms with Crippen LogP contribution in [0.4, 0.5) is 13.2 Å². The first-order chi connectivity index (χ1) is 17.7. The van der Waals surface area contributed by atoms with Gasteiger partial charge in [0.1, 0.15) is 17.1 Å². The highest BCUT2D eigenvalue weighted by Crippen LogP contribution is 2.27. The molecule has 0 aromatic carbocycles. The number of pyridine rings is 1. The summed E-state index contributed by atoms with van der Waals surface area (Å²) in [4.78, 5) is 18.6. The Morgan fingerprint density at radius 3 is 2.62 bits per heavy atom. The third-order valence-corrected chi connectivity index (χ3v) is 6.93. The zero-order valence-corrected chi connectivity index (χ0v) is 20.8. The molecule has 0 unspecified atom stereocenters. The number of allylic oxidation sites excluding steroid dienone is 3. The van der Waals surface area contributed by atoms with Gasteiger partial charge in [0.25, 0.3) is 5.91 Å². The molecule has 4 rings (SSSR count). The molecule has 1 aliphatic carbocycles. The summed E-state index contributed by atoms with van der Waals surface area (Å²) < 4.78 is 44.3. The topological polar surface area (TPSA) is 102 Å². The molecule has 3 aliphatic rings. The molecule has 2 fully saturated rings. The van der Waals surface area contributed by atoms with Gasteiger partial charge in [0, 0.05) is 43.5 Å². The van der Waals surface area contributed by atoms with Gasteiger partial charge in [-0.05, 0) is 62.9 Å². The van der Waals surface area contributed by atoms with Crippen LogP contribution < -0.4 is 16.0 Å². The highest BCUT2D eigenvalue weighted by atomic mass is 19.4. The number of alkyl halides is 3. The van der Waals surface area contributed by atoms with Crippen LogP contribution in [0.25, 0.3) is 0 Å². The fourth-order valence-corrected chi connectivity index (χ4v) is 4.81. The van der Waals surface area contributed by atoms with Crippen molar-refractivity contribution in [1.29, 1.82) is 5.41 Å². The van der Waals surface area contributed by atoms with Crippen molar-refractivity contribution in [2.24, 2.45) is 5.92 Å². The number of amides is 1. The van der Waals surface area contributed by atoms with Crippen molar-refractivity contribution in [2.45, 2.75) is 37.9 Å². The highest BCUT2D eigenvalue weighted by Gasteiger charge is 2.33. The third kappa shape index (κ3) is 7.20. The van der Waals surface area contributed by atoms with Crippen LogP contribution in [0.3, 0.4) is 0 Å². The van der Waals surface area contributed by atoms with Crippen LogP contribution in [-0.2, 0) is 10.9 Å². The number of piperidine rings is 2. The van der Waals surface area contributed by atoms with Crippen LogP contribution >= 0.6 is 0 Å². The van der Waals surface area contributed by atoms with Crippen LogP contribution in [0.15, 0.2) is 53.6 Å². The molecule has 200 valence electrons. The summed E-state index contributed by atoms with van der Waals surface area (Å²) in [5, 5.41) is 17.7. The van der Waals surface area contributed by atoms with Crippen molar-refractivity contribution in [3.8, 4) is 0 Å². The molecule has 0 saturated carbocycles. The predicted molar refractivity (Wildman–Crippen MR) is 134 cm³/mol. The standard InChI is InChI=1S/C26H33F3N6O2/c1-37-23-14-20(30)18(13-22(23)34-25(36)21-3-2-4-24(33-21)26(27,28)29)15-32-19-7-11-35(12-8-19)16-17-5-9-31-10-6-17/h2-4,13-15,17,19,30-32H,5-12,16H2,1H3,(H,34,36)/b18-15-,30-20?. The van der Waals surface area contributed by atoms with E-state index in [1.807, 2.05) is 0 Å². The molecule has 0 spiro atoms. The normalized spacial score (nSPS) is 21.4. The van der Waals surface area contributed by atoms with Gasteiger partial charge in [0.15, 0.2) is 0 Å². The number of hydrogen-bond donors (Lipinski definition) is 4. The Balaban J connectivity index is 1.37. The molecular weight excluding hydrogens is 485 g/mol. The van der Waals surface area contributed by atoms with Crippen molar-refractivity contribution >= 4 is 11.6 Å². The lowest BCUT2D eigenvalue weighted by atomic mass is 9.96. The van der Waals surface area contributed by atoms with E-state index in [2.05, 4.69) is 25.8 Å². The maximum absolute atomic E-state index is 13.0. The zero-order chi connectivity index (χ0) is 26.4. The Kier molecular flexibility index (Phi) is 8.65. The van der Waals surface area contributed by atoms with Gasteiger partial charge >= 0.3 is 6.18 Å². The van der Waals surface area contributed by atoms with E-state index in [4.69, 9.17) is 10.1 Å².